The number of ether oxygens (including phenoxy) is 1. The van der Waals surface area contributed by atoms with Crippen molar-refractivity contribution < 1.29 is 14.6 Å². The van der Waals surface area contributed by atoms with Gasteiger partial charge in [-0.05, 0) is 67.6 Å². The van der Waals surface area contributed by atoms with Crippen LogP contribution in [0.15, 0.2) is 83.6 Å². The van der Waals surface area contributed by atoms with Crippen molar-refractivity contribution in [2.24, 2.45) is 4.99 Å². The quantitative estimate of drug-likeness (QED) is 0.609. The molecule has 1 aliphatic rings. The van der Waals surface area contributed by atoms with Gasteiger partial charge in [-0.1, -0.05) is 0 Å². The van der Waals surface area contributed by atoms with Crippen molar-refractivity contribution in [3.63, 3.8) is 0 Å². The summed E-state index contributed by atoms with van der Waals surface area (Å²) in [6.45, 7) is 2.24. The molecule has 0 aliphatic carbocycles. The molecule has 0 radical (unpaired) electrons. The van der Waals surface area contributed by atoms with Crippen LogP contribution in [0.25, 0.3) is 0 Å². The maximum atomic E-state index is 13.8. The van der Waals surface area contributed by atoms with Gasteiger partial charge in [0.25, 0.3) is 5.91 Å². The number of benzene rings is 2. The SMILES string of the molecule is CCN1C(c2cccnn2)=NC=C(C(=O)N(c2ccc(C#N)cc2)c2ccc(OC)cc2)[C@H]1O. The molecule has 9 nitrogen and oxygen atoms in total. The Labute approximate surface area is 196 Å². The Kier molecular flexibility index (Phi) is 6.62. The van der Waals surface area contributed by atoms with Crippen molar-refractivity contribution in [3.8, 4) is 11.8 Å². The number of carbonyl (C=O) groups excluding carboxylic acids is 1. The standard InChI is InChI=1S/C25H22N6O3/c1-3-30-23(22-5-4-14-28-29-22)27-16-21(24(30)32)25(33)31(18-8-6-17(15-26)7-9-18)19-10-12-20(34-2)13-11-19/h4-14,16,24,32H,3H2,1-2H3/t24-/m1/s1. The number of likely N-dealkylation sites (N-methyl/N-ethyl adjacent to an activating group) is 1. The molecule has 0 saturated heterocycles. The zero-order valence-corrected chi connectivity index (χ0v) is 18.7. The maximum Gasteiger partial charge on any atom is 0.264 e. The topological polar surface area (TPSA) is 115 Å². The molecular weight excluding hydrogens is 432 g/mol. The molecule has 1 aromatic heterocycles. The van der Waals surface area contributed by atoms with Gasteiger partial charge in [-0.3, -0.25) is 9.69 Å². The zero-order valence-electron chi connectivity index (χ0n) is 18.7. The molecule has 0 fully saturated rings. The number of nitriles is 1. The van der Waals surface area contributed by atoms with Gasteiger partial charge in [0, 0.05) is 30.3 Å². The molecule has 0 bridgehead atoms. The average molecular weight is 454 g/mol. The summed E-state index contributed by atoms with van der Waals surface area (Å²) in [6.07, 6.45) is 1.67. The molecule has 3 aromatic rings. The third-order valence-corrected chi connectivity index (χ3v) is 5.35. The van der Waals surface area contributed by atoms with Crippen molar-refractivity contribution in [2.75, 3.05) is 18.6 Å². The van der Waals surface area contributed by atoms with Gasteiger partial charge >= 0.3 is 0 Å². The van der Waals surface area contributed by atoms with Crippen molar-refractivity contribution in [2.45, 2.75) is 13.2 Å². The predicted octanol–water partition coefficient (Wildman–Crippen LogP) is 3.01. The molecule has 0 spiro atoms. The van der Waals surface area contributed by atoms with E-state index in [2.05, 4.69) is 21.3 Å². The van der Waals surface area contributed by atoms with Crippen LogP contribution in [0.3, 0.4) is 0 Å². The number of aliphatic imine (C=N–C) groups is 1. The molecule has 2 heterocycles. The molecule has 0 saturated carbocycles. The lowest BCUT2D eigenvalue weighted by Crippen LogP contribution is -2.47. The summed E-state index contributed by atoms with van der Waals surface area (Å²) >= 11 is 0. The van der Waals surface area contributed by atoms with E-state index in [1.807, 2.05) is 6.92 Å². The van der Waals surface area contributed by atoms with Crippen LogP contribution in [0, 0.1) is 11.3 Å². The Morgan fingerprint density at radius 3 is 2.38 bits per heavy atom. The van der Waals surface area contributed by atoms with Crippen LogP contribution in [-0.4, -0.2) is 51.8 Å². The Morgan fingerprint density at radius 2 is 1.82 bits per heavy atom. The van der Waals surface area contributed by atoms with Gasteiger partial charge in [0.05, 0.1) is 24.3 Å². The van der Waals surface area contributed by atoms with E-state index >= 15 is 0 Å². The van der Waals surface area contributed by atoms with E-state index in [1.54, 1.807) is 78.9 Å². The van der Waals surface area contributed by atoms with E-state index in [4.69, 9.17) is 10.00 Å². The number of anilines is 2. The number of hydrogen-bond donors (Lipinski definition) is 1. The second kappa shape index (κ2) is 9.94. The van der Waals surface area contributed by atoms with Gasteiger partial charge in [0.2, 0.25) is 0 Å². The molecular formula is C25H22N6O3. The molecule has 1 aliphatic heterocycles. The normalized spacial score (nSPS) is 15.1. The van der Waals surface area contributed by atoms with Gasteiger partial charge in [-0.2, -0.15) is 10.4 Å². The number of aliphatic hydroxyl groups is 1. The highest BCUT2D eigenvalue weighted by molar-refractivity contribution is 6.12. The molecule has 34 heavy (non-hydrogen) atoms. The van der Waals surface area contributed by atoms with Crippen LogP contribution in [0.5, 0.6) is 5.75 Å². The lowest BCUT2D eigenvalue weighted by molar-refractivity contribution is -0.116. The molecule has 1 atom stereocenters. The summed E-state index contributed by atoms with van der Waals surface area (Å²) in [5.74, 6) is 0.611. The molecule has 1 amide bonds. The molecule has 9 heteroatoms. The van der Waals surface area contributed by atoms with Gasteiger partial charge in [0.15, 0.2) is 12.1 Å². The second-order valence-corrected chi connectivity index (χ2v) is 7.30. The van der Waals surface area contributed by atoms with E-state index in [-0.39, 0.29) is 5.57 Å². The maximum absolute atomic E-state index is 13.8. The van der Waals surface area contributed by atoms with Gasteiger partial charge in [-0.15, -0.1) is 5.10 Å². The molecule has 1 N–H and O–H groups in total. The Hall–Kier alpha value is -4.55. The summed E-state index contributed by atoms with van der Waals surface area (Å²) in [6, 6.07) is 19.2. The highest BCUT2D eigenvalue weighted by Crippen LogP contribution is 2.31. The van der Waals surface area contributed by atoms with Crippen LogP contribution in [0.2, 0.25) is 0 Å². The average Bonchev–Trinajstić information content (AvgIpc) is 2.89. The number of methoxy groups -OCH3 is 1. The third-order valence-electron chi connectivity index (χ3n) is 5.35. The molecule has 2 aromatic carbocycles. The fraction of sp³-hybridized carbons (Fsp3) is 0.160. The zero-order chi connectivity index (χ0) is 24.1. The van der Waals surface area contributed by atoms with Crippen LogP contribution in [0.4, 0.5) is 11.4 Å². The number of amidine groups is 1. The molecule has 4 rings (SSSR count). The predicted molar refractivity (Wildman–Crippen MR) is 126 cm³/mol. The number of rotatable bonds is 6. The van der Waals surface area contributed by atoms with Gasteiger partial charge < -0.3 is 14.7 Å². The van der Waals surface area contributed by atoms with Gasteiger partial charge in [-0.25, -0.2) is 4.99 Å². The van der Waals surface area contributed by atoms with Crippen molar-refractivity contribution in [1.82, 2.24) is 15.1 Å². The van der Waals surface area contributed by atoms with E-state index < -0.39 is 12.1 Å². The first-order chi connectivity index (χ1) is 16.6. The minimum absolute atomic E-state index is 0.0923. The summed E-state index contributed by atoms with van der Waals surface area (Å²) in [7, 11) is 1.56. The number of amides is 1. The fourth-order valence-electron chi connectivity index (χ4n) is 3.61. The number of carbonyl (C=O) groups is 1. The number of nitrogens with zero attached hydrogens (tertiary/aromatic N) is 6. The second-order valence-electron chi connectivity index (χ2n) is 7.30. The summed E-state index contributed by atoms with van der Waals surface area (Å²) in [5, 5.41) is 28.3. The summed E-state index contributed by atoms with van der Waals surface area (Å²) in [4.78, 5) is 21.3. The summed E-state index contributed by atoms with van der Waals surface area (Å²) < 4.78 is 5.23. The first-order valence-electron chi connectivity index (χ1n) is 10.6. The number of aliphatic hydroxyl groups excluding tert-OH is 1. The number of hydrogen-bond acceptors (Lipinski definition) is 8. The molecule has 170 valence electrons. The Morgan fingerprint density at radius 1 is 1.15 bits per heavy atom. The largest absolute Gasteiger partial charge is 0.497 e. The highest BCUT2D eigenvalue weighted by Gasteiger charge is 2.34. The first-order valence-corrected chi connectivity index (χ1v) is 10.6. The van der Waals surface area contributed by atoms with Crippen molar-refractivity contribution in [3.05, 3.63) is 89.9 Å². The van der Waals surface area contributed by atoms with Gasteiger partial charge in [0.1, 0.15) is 11.4 Å². The summed E-state index contributed by atoms with van der Waals surface area (Å²) in [5.41, 5.74) is 2.16. The van der Waals surface area contributed by atoms with E-state index in [1.165, 1.54) is 11.1 Å². The fourth-order valence-corrected chi connectivity index (χ4v) is 3.61. The lowest BCUT2D eigenvalue weighted by atomic mass is 10.1. The van der Waals surface area contributed by atoms with E-state index in [0.717, 1.165) is 0 Å². The van der Waals surface area contributed by atoms with Crippen LogP contribution in [0.1, 0.15) is 18.2 Å². The first kappa shape index (κ1) is 22.6. The smallest absolute Gasteiger partial charge is 0.264 e. The van der Waals surface area contributed by atoms with E-state index in [0.29, 0.717) is 40.8 Å². The van der Waals surface area contributed by atoms with E-state index in [9.17, 15) is 9.90 Å². The highest BCUT2D eigenvalue weighted by atomic mass is 16.5. The van der Waals surface area contributed by atoms with Crippen molar-refractivity contribution in [1.29, 1.82) is 5.26 Å². The minimum atomic E-state index is -1.24. The van der Waals surface area contributed by atoms with Crippen LogP contribution < -0.4 is 9.64 Å². The third kappa shape index (κ3) is 4.35. The molecule has 0 unspecified atom stereocenters. The Bertz CT molecular complexity index is 1260. The number of aromatic nitrogens is 2. The van der Waals surface area contributed by atoms with Crippen LogP contribution >= 0.6 is 0 Å². The van der Waals surface area contributed by atoms with Crippen molar-refractivity contribution >= 4 is 23.1 Å². The van der Waals surface area contributed by atoms with Crippen LogP contribution in [-0.2, 0) is 4.79 Å². The minimum Gasteiger partial charge on any atom is -0.497 e. The lowest BCUT2D eigenvalue weighted by Gasteiger charge is -2.34. The Balaban J connectivity index is 1.77. The monoisotopic (exact) mass is 454 g/mol.